The summed E-state index contributed by atoms with van der Waals surface area (Å²) < 4.78 is 6.09. The number of carbonyl (C=O) groups excluding carboxylic acids is 1. The molecule has 0 heterocycles. The van der Waals surface area contributed by atoms with Crippen molar-refractivity contribution in [2.24, 2.45) is 5.16 Å². The lowest BCUT2D eigenvalue weighted by molar-refractivity contribution is -0.114. The van der Waals surface area contributed by atoms with Crippen LogP contribution in [0, 0.1) is 6.92 Å². The fourth-order valence-electron chi connectivity index (χ4n) is 2.94. The highest BCUT2D eigenvalue weighted by molar-refractivity contribution is 6.45. The summed E-state index contributed by atoms with van der Waals surface area (Å²) in [6, 6.07) is 23.3. The number of carbonyl (C=O) groups is 1. The van der Waals surface area contributed by atoms with Crippen molar-refractivity contribution >= 4 is 17.3 Å². The molecule has 0 atom stereocenters. The molecule has 30 heavy (non-hydrogen) atoms. The minimum absolute atomic E-state index is 0.203. The Labute approximate surface area is 176 Å². The predicted octanol–water partition coefficient (Wildman–Crippen LogP) is 4.50. The van der Waals surface area contributed by atoms with Crippen LogP contribution in [0.5, 0.6) is 11.5 Å². The quantitative estimate of drug-likeness (QED) is 0.429. The highest BCUT2D eigenvalue weighted by Crippen LogP contribution is 2.26. The van der Waals surface area contributed by atoms with Gasteiger partial charge in [-0.1, -0.05) is 35.5 Å². The van der Waals surface area contributed by atoms with Gasteiger partial charge in [-0.25, -0.2) is 0 Å². The van der Waals surface area contributed by atoms with E-state index < -0.39 is 0 Å². The first kappa shape index (κ1) is 20.9. The Balaban J connectivity index is 1.73. The SMILES string of the molecule is CNC(=O)C(=NOC)c1ccc(Oc2ccccc2CNc2cccc(C)c2)cc1. The van der Waals surface area contributed by atoms with Crippen LogP contribution < -0.4 is 15.4 Å². The van der Waals surface area contributed by atoms with Gasteiger partial charge in [0.05, 0.1) is 0 Å². The van der Waals surface area contributed by atoms with Gasteiger partial charge in [0.25, 0.3) is 5.91 Å². The fraction of sp³-hybridized carbons (Fsp3) is 0.167. The van der Waals surface area contributed by atoms with Crippen LogP contribution in [0.2, 0.25) is 0 Å². The van der Waals surface area contributed by atoms with Gasteiger partial charge in [0.15, 0.2) is 5.71 Å². The van der Waals surface area contributed by atoms with E-state index in [4.69, 9.17) is 9.57 Å². The Hall–Kier alpha value is -3.80. The van der Waals surface area contributed by atoms with Crippen molar-refractivity contribution in [1.82, 2.24) is 5.32 Å². The van der Waals surface area contributed by atoms with Crippen molar-refractivity contribution in [2.45, 2.75) is 13.5 Å². The third-order valence-electron chi connectivity index (χ3n) is 4.45. The summed E-state index contributed by atoms with van der Waals surface area (Å²) in [5.41, 5.74) is 4.15. The van der Waals surface area contributed by atoms with Gasteiger partial charge in [0, 0.05) is 30.4 Å². The summed E-state index contributed by atoms with van der Waals surface area (Å²) in [6.45, 7) is 2.71. The minimum Gasteiger partial charge on any atom is -0.457 e. The number of hydrogen-bond donors (Lipinski definition) is 2. The molecule has 3 aromatic rings. The Morgan fingerprint density at radius 1 is 1.00 bits per heavy atom. The van der Waals surface area contributed by atoms with Gasteiger partial charge in [-0.3, -0.25) is 4.79 Å². The standard InChI is InChI=1S/C24H25N3O3/c1-17-7-6-9-20(15-17)26-16-19-8-4-5-10-22(19)30-21-13-11-18(12-14-21)23(27-29-3)24(28)25-2/h4-15,26H,16H2,1-3H3,(H,25,28). The lowest BCUT2D eigenvalue weighted by Crippen LogP contribution is -2.28. The first-order valence-corrected chi connectivity index (χ1v) is 9.60. The van der Waals surface area contributed by atoms with Gasteiger partial charge < -0.3 is 20.2 Å². The highest BCUT2D eigenvalue weighted by Gasteiger charge is 2.14. The summed E-state index contributed by atoms with van der Waals surface area (Å²) in [4.78, 5) is 16.8. The van der Waals surface area contributed by atoms with Crippen LogP contribution in [0.1, 0.15) is 16.7 Å². The van der Waals surface area contributed by atoms with E-state index in [1.54, 1.807) is 31.3 Å². The van der Waals surface area contributed by atoms with E-state index in [9.17, 15) is 4.79 Å². The molecule has 0 aliphatic heterocycles. The summed E-state index contributed by atoms with van der Waals surface area (Å²) in [5.74, 6) is 1.11. The molecule has 0 aromatic heterocycles. The molecule has 0 spiro atoms. The van der Waals surface area contributed by atoms with Crippen LogP contribution in [0.25, 0.3) is 0 Å². The highest BCUT2D eigenvalue weighted by atomic mass is 16.6. The number of rotatable bonds is 8. The van der Waals surface area contributed by atoms with Crippen LogP contribution in [0.4, 0.5) is 5.69 Å². The molecule has 0 unspecified atom stereocenters. The molecule has 0 bridgehead atoms. The summed E-state index contributed by atoms with van der Waals surface area (Å²) in [6.07, 6.45) is 0. The summed E-state index contributed by atoms with van der Waals surface area (Å²) >= 11 is 0. The fourth-order valence-corrected chi connectivity index (χ4v) is 2.94. The van der Waals surface area contributed by atoms with E-state index >= 15 is 0 Å². The van der Waals surface area contributed by atoms with Gasteiger partial charge >= 0.3 is 0 Å². The molecule has 0 saturated heterocycles. The van der Waals surface area contributed by atoms with Crippen molar-refractivity contribution in [2.75, 3.05) is 19.5 Å². The number of benzene rings is 3. The second kappa shape index (κ2) is 10.1. The van der Waals surface area contributed by atoms with Crippen LogP contribution in [0.3, 0.4) is 0 Å². The number of nitrogens with zero attached hydrogens (tertiary/aromatic N) is 1. The topological polar surface area (TPSA) is 72.0 Å². The number of ether oxygens (including phenoxy) is 1. The molecule has 0 radical (unpaired) electrons. The monoisotopic (exact) mass is 403 g/mol. The number of nitrogens with one attached hydrogen (secondary N) is 2. The molecule has 3 aromatic carbocycles. The van der Waals surface area contributed by atoms with E-state index in [1.165, 1.54) is 12.7 Å². The van der Waals surface area contributed by atoms with Gasteiger partial charge in [-0.15, -0.1) is 0 Å². The largest absolute Gasteiger partial charge is 0.457 e. The van der Waals surface area contributed by atoms with Crippen LogP contribution in [-0.4, -0.2) is 25.8 Å². The van der Waals surface area contributed by atoms with Gasteiger partial charge in [0.2, 0.25) is 0 Å². The zero-order valence-corrected chi connectivity index (χ0v) is 17.3. The number of oxime groups is 1. The third-order valence-corrected chi connectivity index (χ3v) is 4.45. The van der Waals surface area contributed by atoms with Crippen LogP contribution in [-0.2, 0) is 16.2 Å². The zero-order valence-electron chi connectivity index (χ0n) is 17.3. The first-order chi connectivity index (χ1) is 14.6. The van der Waals surface area contributed by atoms with Crippen LogP contribution >= 0.6 is 0 Å². The molecule has 3 rings (SSSR count). The average Bonchev–Trinajstić information content (AvgIpc) is 2.77. The van der Waals surface area contributed by atoms with Crippen molar-refractivity contribution in [3.05, 3.63) is 89.5 Å². The molecular formula is C24H25N3O3. The van der Waals surface area contributed by atoms with E-state index in [1.807, 2.05) is 36.4 Å². The smallest absolute Gasteiger partial charge is 0.273 e. The van der Waals surface area contributed by atoms with Gasteiger partial charge in [-0.2, -0.15) is 0 Å². The second-order valence-corrected chi connectivity index (χ2v) is 6.66. The number of hydrogen-bond acceptors (Lipinski definition) is 5. The molecule has 6 nitrogen and oxygen atoms in total. The minimum atomic E-state index is -0.321. The molecule has 154 valence electrons. The Bertz CT molecular complexity index is 1030. The Morgan fingerprint density at radius 3 is 2.47 bits per heavy atom. The maximum Gasteiger partial charge on any atom is 0.273 e. The van der Waals surface area contributed by atoms with Gasteiger partial charge in [-0.05, 0) is 55.0 Å². The number of likely N-dealkylation sites (N-methyl/N-ethyl adjacent to an activating group) is 1. The Morgan fingerprint density at radius 2 is 1.77 bits per heavy atom. The molecule has 0 aliphatic rings. The van der Waals surface area contributed by atoms with E-state index in [2.05, 4.69) is 34.8 Å². The molecule has 0 fully saturated rings. The molecule has 0 aliphatic carbocycles. The van der Waals surface area contributed by atoms with Crippen LogP contribution in [0.15, 0.2) is 78.0 Å². The molecule has 0 saturated carbocycles. The summed E-state index contributed by atoms with van der Waals surface area (Å²) in [5, 5.41) is 9.79. The van der Waals surface area contributed by atoms with E-state index in [0.29, 0.717) is 17.9 Å². The second-order valence-electron chi connectivity index (χ2n) is 6.66. The van der Waals surface area contributed by atoms with Crippen molar-refractivity contribution in [3.63, 3.8) is 0 Å². The van der Waals surface area contributed by atoms with E-state index in [0.717, 1.165) is 17.0 Å². The average molecular weight is 403 g/mol. The summed E-state index contributed by atoms with van der Waals surface area (Å²) in [7, 11) is 2.95. The number of anilines is 1. The van der Waals surface area contributed by atoms with E-state index in [-0.39, 0.29) is 11.6 Å². The Kier molecular flexibility index (Phi) is 7.05. The van der Waals surface area contributed by atoms with Crippen molar-refractivity contribution in [1.29, 1.82) is 0 Å². The molecule has 6 heteroatoms. The lowest BCUT2D eigenvalue weighted by Gasteiger charge is -2.13. The van der Waals surface area contributed by atoms with Crippen molar-refractivity contribution in [3.8, 4) is 11.5 Å². The van der Waals surface area contributed by atoms with Crippen molar-refractivity contribution < 1.29 is 14.4 Å². The lowest BCUT2D eigenvalue weighted by atomic mass is 10.1. The molecule has 2 N–H and O–H groups in total. The maximum absolute atomic E-state index is 12.0. The first-order valence-electron chi connectivity index (χ1n) is 9.60. The zero-order chi connectivity index (χ0) is 21.3. The van der Waals surface area contributed by atoms with Gasteiger partial charge in [0.1, 0.15) is 18.6 Å². The normalized spacial score (nSPS) is 11.0. The molecule has 1 amide bonds. The predicted molar refractivity (Wildman–Crippen MR) is 119 cm³/mol. The maximum atomic E-state index is 12.0. The molecular weight excluding hydrogens is 378 g/mol. The number of amides is 1. The third kappa shape index (κ3) is 5.38. The number of aryl methyl sites for hydroxylation is 1. The number of para-hydroxylation sites is 1.